The molecule has 0 unspecified atom stereocenters. The summed E-state index contributed by atoms with van der Waals surface area (Å²) in [7, 11) is 1.68. The van der Waals surface area contributed by atoms with Gasteiger partial charge in [-0.3, -0.25) is 0 Å². The molecule has 112 valence electrons. The molecule has 0 saturated heterocycles. The number of hydrogen-bond donors (Lipinski definition) is 1. The van der Waals surface area contributed by atoms with Crippen LogP contribution in [0.3, 0.4) is 0 Å². The first-order valence-electron chi connectivity index (χ1n) is 6.92. The second-order valence-electron chi connectivity index (χ2n) is 4.81. The van der Waals surface area contributed by atoms with Gasteiger partial charge in [-0.05, 0) is 29.8 Å². The summed E-state index contributed by atoms with van der Waals surface area (Å²) in [6.45, 7) is 0.694. The van der Waals surface area contributed by atoms with Crippen LogP contribution >= 0.6 is 0 Å². The van der Waals surface area contributed by atoms with Crippen molar-refractivity contribution in [1.29, 1.82) is 0 Å². The highest BCUT2D eigenvalue weighted by atomic mass is 19.1. The molecule has 0 spiro atoms. The molecule has 0 atom stereocenters. The van der Waals surface area contributed by atoms with Crippen LogP contribution in [0.25, 0.3) is 0 Å². The van der Waals surface area contributed by atoms with Gasteiger partial charge in [0.05, 0.1) is 6.54 Å². The fraction of sp³-hybridized carbons (Fsp3) is 0.167. The third kappa shape index (κ3) is 4.95. The SMILES string of the molecule is CN(Cc1ccc(F)cc1)C(=O)NCC#Cc1ccccc1. The van der Waals surface area contributed by atoms with Gasteiger partial charge in [0.15, 0.2) is 0 Å². The smallest absolute Gasteiger partial charge is 0.318 e. The van der Waals surface area contributed by atoms with Crippen molar-refractivity contribution in [2.75, 3.05) is 13.6 Å². The zero-order valence-electron chi connectivity index (χ0n) is 12.3. The molecule has 0 heterocycles. The largest absolute Gasteiger partial charge is 0.327 e. The van der Waals surface area contributed by atoms with E-state index < -0.39 is 0 Å². The number of benzene rings is 2. The third-order valence-corrected chi connectivity index (χ3v) is 3.01. The molecule has 1 N–H and O–H groups in total. The van der Waals surface area contributed by atoms with Gasteiger partial charge in [0.1, 0.15) is 5.82 Å². The zero-order valence-corrected chi connectivity index (χ0v) is 12.3. The van der Waals surface area contributed by atoms with Crippen LogP contribution in [0, 0.1) is 17.7 Å². The second-order valence-corrected chi connectivity index (χ2v) is 4.81. The van der Waals surface area contributed by atoms with Crippen molar-refractivity contribution in [3.8, 4) is 11.8 Å². The van der Waals surface area contributed by atoms with Crippen LogP contribution in [0.5, 0.6) is 0 Å². The number of nitrogens with one attached hydrogen (secondary N) is 1. The fourth-order valence-corrected chi connectivity index (χ4v) is 1.86. The van der Waals surface area contributed by atoms with Gasteiger partial charge in [-0.2, -0.15) is 0 Å². The Kier molecular flexibility index (Phi) is 5.56. The van der Waals surface area contributed by atoms with E-state index >= 15 is 0 Å². The predicted octanol–water partition coefficient (Wildman–Crippen LogP) is 3.02. The van der Waals surface area contributed by atoms with Crippen LogP contribution in [0.15, 0.2) is 54.6 Å². The van der Waals surface area contributed by atoms with E-state index in [9.17, 15) is 9.18 Å². The molecule has 0 aliphatic rings. The van der Waals surface area contributed by atoms with E-state index in [4.69, 9.17) is 0 Å². The highest BCUT2D eigenvalue weighted by Crippen LogP contribution is 2.05. The molecule has 2 aromatic rings. The summed E-state index contributed by atoms with van der Waals surface area (Å²) in [6, 6.07) is 15.5. The van der Waals surface area contributed by atoms with Crippen LogP contribution in [0.4, 0.5) is 9.18 Å². The Labute approximate surface area is 129 Å². The van der Waals surface area contributed by atoms with Crippen molar-refractivity contribution in [1.82, 2.24) is 10.2 Å². The Morgan fingerprint density at radius 2 is 1.82 bits per heavy atom. The Bertz CT molecular complexity index is 672. The summed E-state index contributed by atoms with van der Waals surface area (Å²) in [5, 5.41) is 2.72. The first-order valence-corrected chi connectivity index (χ1v) is 6.92. The quantitative estimate of drug-likeness (QED) is 0.868. The maximum atomic E-state index is 12.8. The number of amides is 2. The topological polar surface area (TPSA) is 32.3 Å². The number of nitrogens with zero attached hydrogens (tertiary/aromatic N) is 1. The molecule has 3 nitrogen and oxygen atoms in total. The van der Waals surface area contributed by atoms with Gasteiger partial charge in [-0.15, -0.1) is 0 Å². The van der Waals surface area contributed by atoms with Gasteiger partial charge in [0.25, 0.3) is 0 Å². The second kappa shape index (κ2) is 7.84. The van der Waals surface area contributed by atoms with Gasteiger partial charge < -0.3 is 10.2 Å². The monoisotopic (exact) mass is 296 g/mol. The van der Waals surface area contributed by atoms with Crippen molar-refractivity contribution in [2.45, 2.75) is 6.54 Å². The van der Waals surface area contributed by atoms with Crippen LogP contribution < -0.4 is 5.32 Å². The molecule has 0 bridgehead atoms. The van der Waals surface area contributed by atoms with Crippen molar-refractivity contribution in [3.05, 3.63) is 71.5 Å². The number of carbonyl (C=O) groups excluding carboxylic acids is 1. The predicted molar refractivity (Wildman–Crippen MR) is 84.6 cm³/mol. The minimum Gasteiger partial charge on any atom is -0.327 e. The standard InChI is InChI=1S/C18H17FN2O/c1-21(14-16-9-11-17(19)12-10-16)18(22)20-13-5-8-15-6-3-2-4-7-15/h2-4,6-7,9-12H,13-14H2,1H3,(H,20,22). The summed E-state index contributed by atoms with van der Waals surface area (Å²) in [5.41, 5.74) is 1.78. The van der Waals surface area contributed by atoms with Crippen LogP contribution in [0.1, 0.15) is 11.1 Å². The average molecular weight is 296 g/mol. The summed E-state index contributed by atoms with van der Waals surface area (Å²) in [5.74, 6) is 5.59. The summed E-state index contributed by atoms with van der Waals surface area (Å²) >= 11 is 0. The van der Waals surface area contributed by atoms with E-state index in [1.165, 1.54) is 17.0 Å². The number of hydrogen-bond acceptors (Lipinski definition) is 1. The number of urea groups is 1. The maximum Gasteiger partial charge on any atom is 0.318 e. The molecular formula is C18H17FN2O. The molecule has 0 saturated carbocycles. The Balaban J connectivity index is 1.79. The number of rotatable bonds is 3. The normalized spacial score (nSPS) is 9.55. The minimum absolute atomic E-state index is 0.216. The van der Waals surface area contributed by atoms with E-state index in [-0.39, 0.29) is 18.4 Å². The molecule has 0 aliphatic heterocycles. The molecule has 0 aliphatic carbocycles. The average Bonchev–Trinajstić information content (AvgIpc) is 2.54. The van der Waals surface area contributed by atoms with Gasteiger partial charge in [-0.1, -0.05) is 42.2 Å². The zero-order chi connectivity index (χ0) is 15.8. The van der Waals surface area contributed by atoms with E-state index in [2.05, 4.69) is 17.2 Å². The van der Waals surface area contributed by atoms with E-state index in [1.807, 2.05) is 30.3 Å². The Morgan fingerprint density at radius 3 is 2.50 bits per heavy atom. The van der Waals surface area contributed by atoms with Crippen molar-refractivity contribution in [2.24, 2.45) is 0 Å². The van der Waals surface area contributed by atoms with Crippen LogP contribution in [-0.2, 0) is 6.54 Å². The van der Waals surface area contributed by atoms with Gasteiger partial charge in [-0.25, -0.2) is 9.18 Å². The molecule has 0 fully saturated rings. The van der Waals surface area contributed by atoms with Crippen LogP contribution in [0.2, 0.25) is 0 Å². The molecule has 0 radical (unpaired) electrons. The highest BCUT2D eigenvalue weighted by Gasteiger charge is 2.07. The van der Waals surface area contributed by atoms with E-state index in [0.29, 0.717) is 6.54 Å². The molecule has 2 aromatic carbocycles. The minimum atomic E-state index is -0.285. The fourth-order valence-electron chi connectivity index (χ4n) is 1.86. The number of carbonyl (C=O) groups is 1. The summed E-state index contributed by atoms with van der Waals surface area (Å²) in [6.07, 6.45) is 0. The van der Waals surface area contributed by atoms with Crippen molar-refractivity contribution < 1.29 is 9.18 Å². The summed E-state index contributed by atoms with van der Waals surface area (Å²) in [4.78, 5) is 13.4. The van der Waals surface area contributed by atoms with E-state index in [0.717, 1.165) is 11.1 Å². The first kappa shape index (κ1) is 15.6. The van der Waals surface area contributed by atoms with Crippen molar-refractivity contribution >= 4 is 6.03 Å². The molecule has 2 rings (SSSR count). The highest BCUT2D eigenvalue weighted by molar-refractivity contribution is 5.74. The maximum absolute atomic E-state index is 12.8. The third-order valence-electron chi connectivity index (χ3n) is 3.01. The van der Waals surface area contributed by atoms with Gasteiger partial charge in [0, 0.05) is 19.2 Å². The molecule has 0 aromatic heterocycles. The Morgan fingerprint density at radius 1 is 1.14 bits per heavy atom. The lowest BCUT2D eigenvalue weighted by molar-refractivity contribution is 0.208. The van der Waals surface area contributed by atoms with Crippen LogP contribution in [-0.4, -0.2) is 24.5 Å². The number of halogens is 1. The molecule has 4 heteroatoms. The van der Waals surface area contributed by atoms with E-state index in [1.54, 1.807) is 19.2 Å². The molecule has 2 amide bonds. The van der Waals surface area contributed by atoms with Gasteiger partial charge in [0.2, 0.25) is 0 Å². The lowest BCUT2D eigenvalue weighted by Crippen LogP contribution is -2.36. The lowest BCUT2D eigenvalue weighted by atomic mass is 10.2. The Hall–Kier alpha value is -2.80. The molecular weight excluding hydrogens is 279 g/mol. The summed E-state index contributed by atoms with van der Waals surface area (Å²) < 4.78 is 12.8. The molecule has 22 heavy (non-hydrogen) atoms. The first-order chi connectivity index (χ1) is 10.6. The lowest BCUT2D eigenvalue weighted by Gasteiger charge is -2.17. The van der Waals surface area contributed by atoms with Crippen molar-refractivity contribution in [3.63, 3.8) is 0 Å². The van der Waals surface area contributed by atoms with Gasteiger partial charge >= 0.3 is 6.03 Å².